The van der Waals surface area contributed by atoms with Crippen LogP contribution in [0.3, 0.4) is 0 Å². The molecule has 4 rings (SSSR count). The normalized spacial score (nSPS) is 19.6. The highest BCUT2D eigenvalue weighted by atomic mass is 16.2. The molecule has 3 aromatic carbocycles. The predicted octanol–water partition coefficient (Wildman–Crippen LogP) is 4.00. The van der Waals surface area contributed by atoms with E-state index in [0.29, 0.717) is 6.42 Å². The summed E-state index contributed by atoms with van der Waals surface area (Å²) in [5, 5.41) is 5.53. The van der Waals surface area contributed by atoms with Gasteiger partial charge in [-0.1, -0.05) is 60.7 Å². The molecule has 0 radical (unpaired) electrons. The molecule has 0 spiro atoms. The van der Waals surface area contributed by atoms with Crippen LogP contribution in [0.5, 0.6) is 0 Å². The van der Waals surface area contributed by atoms with Crippen molar-refractivity contribution in [2.24, 2.45) is 0 Å². The first kappa shape index (κ1) is 16.8. The van der Waals surface area contributed by atoms with Gasteiger partial charge in [-0.15, -0.1) is 0 Å². The van der Waals surface area contributed by atoms with Crippen molar-refractivity contribution in [3.8, 4) is 0 Å². The standard InChI is InChI=1S/C22H23N3O/c1-14-7-5-8-15(2)21(14)23-22(26)20-13-19(24-25-20)18-12-6-10-16-9-3-4-11-17(16)18/h3-12,19-20,24-25H,13H2,1-2H3,(H,23,26). The van der Waals surface area contributed by atoms with Crippen LogP contribution in [-0.2, 0) is 4.79 Å². The van der Waals surface area contributed by atoms with Crippen LogP contribution in [0.15, 0.2) is 60.7 Å². The minimum Gasteiger partial charge on any atom is -0.324 e. The van der Waals surface area contributed by atoms with E-state index < -0.39 is 0 Å². The van der Waals surface area contributed by atoms with Crippen molar-refractivity contribution in [1.29, 1.82) is 0 Å². The lowest BCUT2D eigenvalue weighted by Crippen LogP contribution is -2.39. The first-order valence-corrected chi connectivity index (χ1v) is 8.99. The summed E-state index contributed by atoms with van der Waals surface area (Å²) in [7, 11) is 0. The van der Waals surface area contributed by atoms with Crippen molar-refractivity contribution < 1.29 is 4.79 Å². The van der Waals surface area contributed by atoms with Gasteiger partial charge in [0.2, 0.25) is 5.91 Å². The van der Waals surface area contributed by atoms with E-state index in [2.05, 4.69) is 52.6 Å². The Bertz CT molecular complexity index is 941. The van der Waals surface area contributed by atoms with Crippen molar-refractivity contribution in [1.82, 2.24) is 10.9 Å². The van der Waals surface area contributed by atoms with Gasteiger partial charge in [-0.3, -0.25) is 4.79 Å². The van der Waals surface area contributed by atoms with E-state index in [-0.39, 0.29) is 18.0 Å². The third-order valence-corrected chi connectivity index (χ3v) is 5.15. The van der Waals surface area contributed by atoms with E-state index in [1.54, 1.807) is 0 Å². The molecule has 1 aliphatic heterocycles. The van der Waals surface area contributed by atoms with Gasteiger partial charge in [-0.2, -0.15) is 0 Å². The molecule has 1 aliphatic rings. The van der Waals surface area contributed by atoms with Crippen molar-refractivity contribution in [2.45, 2.75) is 32.4 Å². The molecule has 1 amide bonds. The van der Waals surface area contributed by atoms with Crippen LogP contribution in [-0.4, -0.2) is 11.9 Å². The lowest BCUT2D eigenvalue weighted by Gasteiger charge is -2.15. The number of hydrogen-bond acceptors (Lipinski definition) is 3. The molecule has 3 aromatic rings. The molecule has 0 aliphatic carbocycles. The van der Waals surface area contributed by atoms with E-state index >= 15 is 0 Å². The summed E-state index contributed by atoms with van der Waals surface area (Å²) >= 11 is 0. The Hall–Kier alpha value is -2.69. The molecule has 3 N–H and O–H groups in total. The quantitative estimate of drug-likeness (QED) is 0.672. The number of anilines is 1. The molecular weight excluding hydrogens is 322 g/mol. The van der Waals surface area contributed by atoms with Gasteiger partial charge < -0.3 is 5.32 Å². The summed E-state index contributed by atoms with van der Waals surface area (Å²) in [6, 6.07) is 20.6. The van der Waals surface area contributed by atoms with Gasteiger partial charge in [0.25, 0.3) is 0 Å². The molecule has 1 fully saturated rings. The number of hydrogen-bond donors (Lipinski definition) is 3. The summed E-state index contributed by atoms with van der Waals surface area (Å²) in [6.45, 7) is 4.03. The number of carbonyl (C=O) groups excluding carboxylic acids is 1. The van der Waals surface area contributed by atoms with Crippen LogP contribution in [0.4, 0.5) is 5.69 Å². The second kappa shape index (κ2) is 6.90. The number of benzene rings is 3. The lowest BCUT2D eigenvalue weighted by atomic mass is 9.96. The average molecular weight is 345 g/mol. The number of carbonyl (C=O) groups is 1. The van der Waals surface area contributed by atoms with E-state index in [4.69, 9.17) is 0 Å². The molecule has 4 heteroatoms. The molecule has 4 nitrogen and oxygen atoms in total. The number of hydrazine groups is 1. The molecule has 2 unspecified atom stereocenters. The monoisotopic (exact) mass is 345 g/mol. The fourth-order valence-corrected chi connectivity index (χ4v) is 3.71. The summed E-state index contributed by atoms with van der Waals surface area (Å²) in [4.78, 5) is 12.7. The molecule has 2 atom stereocenters. The number of aryl methyl sites for hydroxylation is 2. The molecule has 0 saturated carbocycles. The van der Waals surface area contributed by atoms with E-state index in [1.165, 1.54) is 16.3 Å². The highest BCUT2D eigenvalue weighted by Crippen LogP contribution is 2.29. The van der Waals surface area contributed by atoms with Gasteiger partial charge in [0.05, 0.1) is 0 Å². The number of amides is 1. The summed E-state index contributed by atoms with van der Waals surface area (Å²) < 4.78 is 0. The maximum atomic E-state index is 12.7. The second-order valence-electron chi connectivity index (χ2n) is 6.95. The molecule has 132 valence electrons. The van der Waals surface area contributed by atoms with Gasteiger partial charge in [0.15, 0.2) is 0 Å². The SMILES string of the molecule is Cc1cccc(C)c1NC(=O)C1CC(c2cccc3ccccc23)NN1. The Morgan fingerprint density at radius 3 is 2.42 bits per heavy atom. The zero-order chi connectivity index (χ0) is 18.1. The average Bonchev–Trinajstić information content (AvgIpc) is 3.14. The molecular formula is C22H23N3O. The third-order valence-electron chi connectivity index (χ3n) is 5.15. The van der Waals surface area contributed by atoms with E-state index in [1.807, 2.05) is 38.1 Å². The summed E-state index contributed by atoms with van der Waals surface area (Å²) in [5.41, 5.74) is 10.8. The number of para-hydroxylation sites is 1. The topological polar surface area (TPSA) is 53.2 Å². The molecule has 1 heterocycles. The maximum absolute atomic E-state index is 12.7. The van der Waals surface area contributed by atoms with Crippen LogP contribution in [0.25, 0.3) is 10.8 Å². The van der Waals surface area contributed by atoms with Crippen LogP contribution in [0.1, 0.15) is 29.2 Å². The van der Waals surface area contributed by atoms with Gasteiger partial charge in [0.1, 0.15) is 6.04 Å². The van der Waals surface area contributed by atoms with Crippen LogP contribution >= 0.6 is 0 Å². The third kappa shape index (κ3) is 3.09. The van der Waals surface area contributed by atoms with E-state index in [9.17, 15) is 4.79 Å². The zero-order valence-electron chi connectivity index (χ0n) is 15.0. The van der Waals surface area contributed by atoms with Crippen LogP contribution < -0.4 is 16.2 Å². The van der Waals surface area contributed by atoms with Gasteiger partial charge in [-0.25, -0.2) is 10.9 Å². The fraction of sp³-hybridized carbons (Fsp3) is 0.227. The Balaban J connectivity index is 1.52. The zero-order valence-corrected chi connectivity index (χ0v) is 15.0. The number of fused-ring (bicyclic) bond motifs is 1. The minimum absolute atomic E-state index is 0.00219. The molecule has 0 bridgehead atoms. The Kier molecular flexibility index (Phi) is 4.45. The molecule has 0 aromatic heterocycles. The smallest absolute Gasteiger partial charge is 0.242 e. The first-order valence-electron chi connectivity index (χ1n) is 8.99. The second-order valence-corrected chi connectivity index (χ2v) is 6.95. The minimum atomic E-state index is -0.266. The Labute approximate surface area is 153 Å². The molecule has 26 heavy (non-hydrogen) atoms. The van der Waals surface area contributed by atoms with Crippen molar-refractivity contribution in [3.63, 3.8) is 0 Å². The van der Waals surface area contributed by atoms with Crippen LogP contribution in [0.2, 0.25) is 0 Å². The van der Waals surface area contributed by atoms with Gasteiger partial charge in [-0.05, 0) is 47.7 Å². The van der Waals surface area contributed by atoms with Crippen molar-refractivity contribution >= 4 is 22.4 Å². The van der Waals surface area contributed by atoms with Gasteiger partial charge in [0, 0.05) is 11.7 Å². The predicted molar refractivity (Wildman–Crippen MR) is 106 cm³/mol. The number of rotatable bonds is 3. The lowest BCUT2D eigenvalue weighted by molar-refractivity contribution is -0.117. The maximum Gasteiger partial charge on any atom is 0.242 e. The Morgan fingerprint density at radius 2 is 1.62 bits per heavy atom. The largest absolute Gasteiger partial charge is 0.324 e. The van der Waals surface area contributed by atoms with E-state index in [0.717, 1.165) is 16.8 Å². The highest BCUT2D eigenvalue weighted by molar-refractivity contribution is 5.96. The van der Waals surface area contributed by atoms with Crippen molar-refractivity contribution in [3.05, 3.63) is 77.4 Å². The molecule has 1 saturated heterocycles. The Morgan fingerprint density at radius 1 is 0.923 bits per heavy atom. The summed E-state index contributed by atoms with van der Waals surface area (Å²) in [5.74, 6) is -0.00219. The highest BCUT2D eigenvalue weighted by Gasteiger charge is 2.31. The fourth-order valence-electron chi connectivity index (χ4n) is 3.71. The van der Waals surface area contributed by atoms with Crippen molar-refractivity contribution in [2.75, 3.05) is 5.32 Å². The summed E-state index contributed by atoms with van der Waals surface area (Å²) in [6.07, 6.45) is 0.713. The van der Waals surface area contributed by atoms with Gasteiger partial charge >= 0.3 is 0 Å². The first-order chi connectivity index (χ1) is 12.6. The van der Waals surface area contributed by atoms with Crippen LogP contribution in [0, 0.1) is 13.8 Å². The number of nitrogens with one attached hydrogen (secondary N) is 3.